The van der Waals surface area contributed by atoms with Crippen LogP contribution in [0.5, 0.6) is 5.75 Å². The number of nitro benzene ring substituents is 1. The van der Waals surface area contributed by atoms with Gasteiger partial charge in [-0.2, -0.15) is 13.2 Å². The number of nitro groups is 1. The molecule has 1 aliphatic rings. The van der Waals surface area contributed by atoms with Gasteiger partial charge in [-0.25, -0.2) is 0 Å². The highest BCUT2D eigenvalue weighted by Crippen LogP contribution is 2.38. The zero-order valence-corrected chi connectivity index (χ0v) is 10.1. The molecule has 0 spiro atoms. The van der Waals surface area contributed by atoms with Crippen LogP contribution in [-0.4, -0.2) is 23.0 Å². The van der Waals surface area contributed by atoms with Crippen LogP contribution in [0.2, 0.25) is 0 Å². The van der Waals surface area contributed by atoms with Gasteiger partial charge in [0.15, 0.2) is 5.78 Å². The minimum absolute atomic E-state index is 0.0740. The molecule has 0 amide bonds. The van der Waals surface area contributed by atoms with Crippen molar-refractivity contribution >= 4 is 17.5 Å². The van der Waals surface area contributed by atoms with Gasteiger partial charge in [-0.15, -0.1) is 0 Å². The lowest BCUT2D eigenvalue weighted by atomic mass is 9.98. The molecule has 1 unspecified atom stereocenters. The molecule has 0 saturated carbocycles. The minimum Gasteiger partial charge on any atom is -0.475 e. The second-order valence-electron chi connectivity index (χ2n) is 4.17. The van der Waals surface area contributed by atoms with E-state index >= 15 is 0 Å². The number of ketones is 1. The quantitative estimate of drug-likeness (QED) is 0.619. The third-order valence-electron chi connectivity index (χ3n) is 2.75. The first kappa shape index (κ1) is 14.0. The number of Topliss-reactive ketones (excluding diaryl/α,β-unsaturated/α-hetero) is 1. The van der Waals surface area contributed by atoms with E-state index < -0.39 is 28.6 Å². The van der Waals surface area contributed by atoms with Crippen molar-refractivity contribution in [2.24, 2.45) is 0 Å². The SMILES string of the molecule is CC(=O)C1=Cc2cc([N+](=O)[O-])ccc2OC1C(F)(F)F. The van der Waals surface area contributed by atoms with Crippen molar-refractivity contribution in [2.45, 2.75) is 19.2 Å². The van der Waals surface area contributed by atoms with Gasteiger partial charge in [0.05, 0.1) is 4.92 Å². The summed E-state index contributed by atoms with van der Waals surface area (Å²) < 4.78 is 43.2. The molecule has 1 aromatic rings. The van der Waals surface area contributed by atoms with Crippen LogP contribution in [0.1, 0.15) is 12.5 Å². The standard InChI is InChI=1S/C12H8F3NO4/c1-6(17)9-5-7-4-8(16(18)19)2-3-10(7)20-11(9)12(13,14)15/h2-5,11H,1H3. The number of hydrogen-bond donors (Lipinski definition) is 0. The number of non-ortho nitro benzene ring substituents is 1. The number of halogens is 3. The molecule has 1 aromatic carbocycles. The molecule has 0 saturated heterocycles. The Hall–Kier alpha value is -2.38. The molecule has 20 heavy (non-hydrogen) atoms. The predicted octanol–water partition coefficient (Wildman–Crippen LogP) is 2.89. The Labute approximate surface area is 110 Å². The van der Waals surface area contributed by atoms with E-state index in [1.54, 1.807) is 0 Å². The van der Waals surface area contributed by atoms with E-state index in [9.17, 15) is 28.1 Å². The van der Waals surface area contributed by atoms with Gasteiger partial charge in [-0.3, -0.25) is 14.9 Å². The van der Waals surface area contributed by atoms with Crippen molar-refractivity contribution in [3.63, 3.8) is 0 Å². The maximum absolute atomic E-state index is 12.8. The first-order valence-electron chi connectivity index (χ1n) is 5.44. The molecule has 1 heterocycles. The summed E-state index contributed by atoms with van der Waals surface area (Å²) >= 11 is 0. The highest BCUT2D eigenvalue weighted by molar-refractivity contribution is 6.00. The first-order chi connectivity index (χ1) is 9.20. The van der Waals surface area contributed by atoms with E-state index in [4.69, 9.17) is 4.74 Å². The van der Waals surface area contributed by atoms with Crippen LogP contribution in [0.25, 0.3) is 6.08 Å². The van der Waals surface area contributed by atoms with E-state index in [0.717, 1.165) is 31.2 Å². The average Bonchev–Trinajstić information content (AvgIpc) is 2.35. The third kappa shape index (κ3) is 2.49. The number of ether oxygens (including phenoxy) is 1. The van der Waals surface area contributed by atoms with Crippen LogP contribution in [0.15, 0.2) is 23.8 Å². The number of carbonyl (C=O) groups excluding carboxylic acids is 1. The Bertz CT molecular complexity index is 622. The van der Waals surface area contributed by atoms with Crippen molar-refractivity contribution < 1.29 is 27.6 Å². The third-order valence-corrected chi connectivity index (χ3v) is 2.75. The summed E-state index contributed by atoms with van der Waals surface area (Å²) in [5.74, 6) is -0.951. The number of carbonyl (C=O) groups is 1. The van der Waals surface area contributed by atoms with E-state index in [0.29, 0.717) is 0 Å². The van der Waals surface area contributed by atoms with Gasteiger partial charge in [0.1, 0.15) is 5.75 Å². The summed E-state index contributed by atoms with van der Waals surface area (Å²) in [6, 6.07) is 3.18. The summed E-state index contributed by atoms with van der Waals surface area (Å²) in [5, 5.41) is 10.6. The number of fused-ring (bicyclic) bond motifs is 1. The lowest BCUT2D eigenvalue weighted by Crippen LogP contribution is -2.39. The van der Waals surface area contributed by atoms with Crippen LogP contribution >= 0.6 is 0 Å². The summed E-state index contributed by atoms with van der Waals surface area (Å²) in [7, 11) is 0. The van der Waals surface area contributed by atoms with Gasteiger partial charge in [-0.05, 0) is 19.1 Å². The van der Waals surface area contributed by atoms with E-state index in [-0.39, 0.29) is 17.0 Å². The van der Waals surface area contributed by atoms with Gasteiger partial charge in [0.25, 0.3) is 5.69 Å². The molecule has 0 aromatic heterocycles. The van der Waals surface area contributed by atoms with E-state index in [2.05, 4.69) is 0 Å². The lowest BCUT2D eigenvalue weighted by Gasteiger charge is -2.27. The maximum Gasteiger partial charge on any atom is 0.429 e. The molecule has 0 fully saturated rings. The first-order valence-corrected chi connectivity index (χ1v) is 5.44. The van der Waals surface area contributed by atoms with Crippen LogP contribution in [-0.2, 0) is 4.79 Å². The normalized spacial score (nSPS) is 17.8. The molecule has 2 rings (SSSR count). The number of nitrogens with zero attached hydrogens (tertiary/aromatic N) is 1. The summed E-state index contributed by atoms with van der Waals surface area (Å²) in [6.07, 6.45) is -6.11. The van der Waals surface area contributed by atoms with Gasteiger partial charge in [-0.1, -0.05) is 0 Å². The molecule has 0 aliphatic carbocycles. The van der Waals surface area contributed by atoms with Crippen molar-refractivity contribution in [3.8, 4) is 5.75 Å². The Morgan fingerprint density at radius 2 is 2.05 bits per heavy atom. The molecule has 0 bridgehead atoms. The molecule has 0 radical (unpaired) electrons. The van der Waals surface area contributed by atoms with Gasteiger partial charge in [0, 0.05) is 23.3 Å². The number of hydrogen-bond acceptors (Lipinski definition) is 4. The minimum atomic E-state index is -4.74. The Morgan fingerprint density at radius 1 is 1.40 bits per heavy atom. The zero-order valence-electron chi connectivity index (χ0n) is 10.1. The molecule has 1 aliphatic heterocycles. The van der Waals surface area contributed by atoms with Crippen molar-refractivity contribution in [2.75, 3.05) is 0 Å². The summed E-state index contributed by atoms with van der Waals surface area (Å²) in [5.41, 5.74) is -0.799. The molecule has 5 nitrogen and oxygen atoms in total. The topological polar surface area (TPSA) is 69.4 Å². The van der Waals surface area contributed by atoms with Crippen molar-refractivity contribution in [3.05, 3.63) is 39.4 Å². The van der Waals surface area contributed by atoms with Gasteiger partial charge in [0.2, 0.25) is 6.10 Å². The molecule has 8 heteroatoms. The Morgan fingerprint density at radius 3 is 2.55 bits per heavy atom. The molecule has 0 N–H and O–H groups in total. The fourth-order valence-electron chi connectivity index (χ4n) is 1.83. The van der Waals surface area contributed by atoms with Crippen molar-refractivity contribution in [1.29, 1.82) is 0 Å². The largest absolute Gasteiger partial charge is 0.475 e. The molecular formula is C12H8F3NO4. The second-order valence-corrected chi connectivity index (χ2v) is 4.17. The van der Waals surface area contributed by atoms with Gasteiger partial charge < -0.3 is 4.74 Å². The smallest absolute Gasteiger partial charge is 0.429 e. The lowest BCUT2D eigenvalue weighted by molar-refractivity contribution is -0.384. The summed E-state index contributed by atoms with van der Waals surface area (Å²) in [6.45, 7) is 0.982. The van der Waals surface area contributed by atoms with Gasteiger partial charge >= 0.3 is 6.18 Å². The van der Waals surface area contributed by atoms with E-state index in [1.807, 2.05) is 0 Å². The van der Waals surface area contributed by atoms with E-state index in [1.165, 1.54) is 0 Å². The monoisotopic (exact) mass is 287 g/mol. The fraction of sp³-hybridized carbons (Fsp3) is 0.250. The molecular weight excluding hydrogens is 279 g/mol. The molecule has 106 valence electrons. The Balaban J connectivity index is 2.54. The zero-order chi connectivity index (χ0) is 15.1. The number of benzene rings is 1. The van der Waals surface area contributed by atoms with Crippen LogP contribution < -0.4 is 4.74 Å². The fourth-order valence-corrected chi connectivity index (χ4v) is 1.83. The number of rotatable bonds is 2. The number of alkyl halides is 3. The second kappa shape index (κ2) is 4.62. The molecule has 1 atom stereocenters. The Kier molecular flexibility index (Phi) is 3.24. The average molecular weight is 287 g/mol. The van der Waals surface area contributed by atoms with Crippen LogP contribution in [0.4, 0.5) is 18.9 Å². The predicted molar refractivity (Wildman–Crippen MR) is 62.2 cm³/mol. The highest BCUT2D eigenvalue weighted by Gasteiger charge is 2.47. The summed E-state index contributed by atoms with van der Waals surface area (Å²) in [4.78, 5) is 21.2. The highest BCUT2D eigenvalue weighted by atomic mass is 19.4. The maximum atomic E-state index is 12.8. The van der Waals surface area contributed by atoms with Crippen molar-refractivity contribution in [1.82, 2.24) is 0 Å². The van der Waals surface area contributed by atoms with Crippen LogP contribution in [0, 0.1) is 10.1 Å². The van der Waals surface area contributed by atoms with Crippen LogP contribution in [0.3, 0.4) is 0 Å².